The Bertz CT molecular complexity index is 897. The summed E-state index contributed by atoms with van der Waals surface area (Å²) >= 11 is 1.13. The predicted molar refractivity (Wildman–Crippen MR) is 99.7 cm³/mol. The van der Waals surface area contributed by atoms with Crippen LogP contribution < -0.4 is 10.5 Å². The summed E-state index contributed by atoms with van der Waals surface area (Å²) in [7, 11) is 0. The SMILES string of the molecule is CC(Sc1nnnn1-c1ccc(OC(F)(F)F)cc1)C(=O)N1CCC(C(N)=O)CC1. The fourth-order valence-corrected chi connectivity index (χ4v) is 3.95. The van der Waals surface area contributed by atoms with Gasteiger partial charge in [-0.25, -0.2) is 0 Å². The molecule has 0 radical (unpaired) electrons. The number of nitrogens with zero attached hydrogens (tertiary/aromatic N) is 5. The second-order valence-corrected chi connectivity index (χ2v) is 7.98. The molecular weight excluding hydrogens is 425 g/mol. The van der Waals surface area contributed by atoms with E-state index in [0.29, 0.717) is 36.8 Å². The van der Waals surface area contributed by atoms with Gasteiger partial charge in [-0.05, 0) is 54.5 Å². The lowest BCUT2D eigenvalue weighted by Crippen LogP contribution is -2.44. The Morgan fingerprint density at radius 3 is 2.43 bits per heavy atom. The molecule has 1 aromatic heterocycles. The Morgan fingerprint density at radius 2 is 1.87 bits per heavy atom. The zero-order valence-corrected chi connectivity index (χ0v) is 16.7. The van der Waals surface area contributed by atoms with Crippen molar-refractivity contribution in [2.45, 2.75) is 36.5 Å². The zero-order chi connectivity index (χ0) is 21.9. The Kier molecular flexibility index (Phi) is 6.48. The van der Waals surface area contributed by atoms with E-state index < -0.39 is 11.6 Å². The van der Waals surface area contributed by atoms with E-state index in [0.717, 1.165) is 23.9 Å². The van der Waals surface area contributed by atoms with Crippen LogP contribution in [0, 0.1) is 5.92 Å². The minimum Gasteiger partial charge on any atom is -0.406 e. The van der Waals surface area contributed by atoms with E-state index in [1.54, 1.807) is 11.8 Å². The van der Waals surface area contributed by atoms with Crippen molar-refractivity contribution in [3.63, 3.8) is 0 Å². The molecule has 9 nitrogen and oxygen atoms in total. The van der Waals surface area contributed by atoms with Gasteiger partial charge in [-0.3, -0.25) is 9.59 Å². The highest BCUT2D eigenvalue weighted by Crippen LogP contribution is 2.28. The third kappa shape index (κ3) is 5.40. The van der Waals surface area contributed by atoms with Crippen molar-refractivity contribution >= 4 is 23.6 Å². The van der Waals surface area contributed by atoms with Crippen LogP contribution in [0.15, 0.2) is 29.4 Å². The molecular formula is C17H19F3N6O3S. The lowest BCUT2D eigenvalue weighted by atomic mass is 9.96. The lowest BCUT2D eigenvalue weighted by Gasteiger charge is -2.32. The summed E-state index contributed by atoms with van der Waals surface area (Å²) in [6, 6.07) is 5.05. The Balaban J connectivity index is 1.64. The number of halogens is 3. The number of piperidine rings is 1. The number of tetrazole rings is 1. The van der Waals surface area contributed by atoms with Crippen LogP contribution in [-0.2, 0) is 9.59 Å². The zero-order valence-electron chi connectivity index (χ0n) is 15.9. The van der Waals surface area contributed by atoms with Gasteiger partial charge in [0, 0.05) is 19.0 Å². The number of thioether (sulfide) groups is 1. The number of carbonyl (C=O) groups excluding carboxylic acids is 2. The number of ether oxygens (including phenoxy) is 1. The number of hydrogen-bond acceptors (Lipinski definition) is 7. The first-order chi connectivity index (χ1) is 14.1. The van der Waals surface area contributed by atoms with E-state index in [9.17, 15) is 22.8 Å². The van der Waals surface area contributed by atoms with Gasteiger partial charge in [-0.15, -0.1) is 18.3 Å². The van der Waals surface area contributed by atoms with Crippen LogP contribution in [0.1, 0.15) is 19.8 Å². The monoisotopic (exact) mass is 444 g/mol. The molecule has 1 aromatic carbocycles. The van der Waals surface area contributed by atoms with Crippen molar-refractivity contribution in [2.75, 3.05) is 13.1 Å². The number of primary amides is 1. The van der Waals surface area contributed by atoms with Crippen molar-refractivity contribution in [2.24, 2.45) is 11.7 Å². The van der Waals surface area contributed by atoms with E-state index in [4.69, 9.17) is 5.73 Å². The van der Waals surface area contributed by atoms with Crippen molar-refractivity contribution in [1.82, 2.24) is 25.1 Å². The second-order valence-electron chi connectivity index (χ2n) is 6.68. The van der Waals surface area contributed by atoms with E-state index in [1.807, 2.05) is 0 Å². The molecule has 30 heavy (non-hydrogen) atoms. The molecule has 0 aliphatic carbocycles. The molecule has 1 aliphatic heterocycles. The van der Waals surface area contributed by atoms with Crippen LogP contribution in [0.2, 0.25) is 0 Å². The highest BCUT2D eigenvalue weighted by Gasteiger charge is 2.31. The van der Waals surface area contributed by atoms with Crippen molar-refractivity contribution in [3.05, 3.63) is 24.3 Å². The Labute approximate surface area is 173 Å². The first-order valence-electron chi connectivity index (χ1n) is 9.03. The van der Waals surface area contributed by atoms with Gasteiger partial charge in [-0.2, -0.15) is 4.68 Å². The van der Waals surface area contributed by atoms with Crippen molar-refractivity contribution in [1.29, 1.82) is 0 Å². The number of aromatic nitrogens is 4. The fourth-order valence-electron chi connectivity index (χ4n) is 3.05. The Hall–Kier alpha value is -2.83. The van der Waals surface area contributed by atoms with Crippen LogP contribution in [0.5, 0.6) is 5.75 Å². The second kappa shape index (κ2) is 8.90. The summed E-state index contributed by atoms with van der Waals surface area (Å²) in [6.45, 7) is 2.61. The molecule has 1 unspecified atom stereocenters. The summed E-state index contributed by atoms with van der Waals surface area (Å²) in [5.74, 6) is -1.05. The van der Waals surface area contributed by atoms with Gasteiger partial charge in [0.15, 0.2) is 0 Å². The average molecular weight is 444 g/mol. The molecule has 0 saturated carbocycles. The minimum absolute atomic E-state index is 0.119. The molecule has 1 saturated heterocycles. The van der Waals surface area contributed by atoms with Gasteiger partial charge in [0.05, 0.1) is 10.9 Å². The topological polar surface area (TPSA) is 116 Å². The summed E-state index contributed by atoms with van der Waals surface area (Å²) in [5.41, 5.74) is 5.73. The maximum absolute atomic E-state index is 12.7. The highest BCUT2D eigenvalue weighted by molar-refractivity contribution is 8.00. The van der Waals surface area contributed by atoms with Crippen molar-refractivity contribution in [3.8, 4) is 11.4 Å². The predicted octanol–water partition coefficient (Wildman–Crippen LogP) is 1.77. The number of hydrogen-bond donors (Lipinski definition) is 1. The smallest absolute Gasteiger partial charge is 0.406 e. The molecule has 2 heterocycles. The first-order valence-corrected chi connectivity index (χ1v) is 9.91. The molecule has 0 spiro atoms. The number of rotatable bonds is 6. The van der Waals surface area contributed by atoms with Crippen LogP contribution in [0.3, 0.4) is 0 Å². The maximum Gasteiger partial charge on any atom is 0.573 e. The van der Waals surface area contributed by atoms with Gasteiger partial charge in [-0.1, -0.05) is 11.8 Å². The van der Waals surface area contributed by atoms with Crippen molar-refractivity contribution < 1.29 is 27.5 Å². The molecule has 0 bridgehead atoms. The van der Waals surface area contributed by atoms with Crippen LogP contribution in [0.25, 0.3) is 5.69 Å². The molecule has 1 aliphatic rings. The number of likely N-dealkylation sites (tertiary alicyclic amines) is 1. The van der Waals surface area contributed by atoms with Gasteiger partial charge in [0.25, 0.3) is 0 Å². The van der Waals surface area contributed by atoms with Crippen LogP contribution in [0.4, 0.5) is 13.2 Å². The third-order valence-electron chi connectivity index (χ3n) is 4.59. The van der Waals surface area contributed by atoms with Crippen LogP contribution >= 0.6 is 11.8 Å². The molecule has 1 atom stereocenters. The first kappa shape index (κ1) is 21.9. The molecule has 2 aromatic rings. The van der Waals surface area contributed by atoms with E-state index in [-0.39, 0.29) is 23.5 Å². The average Bonchev–Trinajstić information content (AvgIpc) is 3.15. The van der Waals surface area contributed by atoms with E-state index >= 15 is 0 Å². The molecule has 162 valence electrons. The molecule has 13 heteroatoms. The molecule has 2 N–H and O–H groups in total. The normalized spacial score (nSPS) is 16.3. The summed E-state index contributed by atoms with van der Waals surface area (Å²) < 4.78 is 42.0. The third-order valence-corrected chi connectivity index (χ3v) is 5.62. The molecule has 2 amide bonds. The number of nitrogens with two attached hydrogens (primary N) is 1. The largest absolute Gasteiger partial charge is 0.573 e. The van der Waals surface area contributed by atoms with Gasteiger partial charge in [0.2, 0.25) is 17.0 Å². The number of benzene rings is 1. The number of carbonyl (C=O) groups is 2. The molecule has 3 rings (SSSR count). The van der Waals surface area contributed by atoms with Gasteiger partial charge >= 0.3 is 6.36 Å². The summed E-state index contributed by atoms with van der Waals surface area (Å²) in [4.78, 5) is 25.7. The van der Waals surface area contributed by atoms with Gasteiger partial charge in [0.1, 0.15) is 5.75 Å². The van der Waals surface area contributed by atoms with Crippen LogP contribution in [-0.4, -0.2) is 61.6 Å². The minimum atomic E-state index is -4.78. The highest BCUT2D eigenvalue weighted by atomic mass is 32.2. The van der Waals surface area contributed by atoms with E-state index in [1.165, 1.54) is 16.8 Å². The number of amides is 2. The summed E-state index contributed by atoms with van der Waals surface area (Å²) in [6.07, 6.45) is -3.72. The number of alkyl halides is 3. The standard InChI is InChI=1S/C17H19F3N6O3S/c1-10(15(28)25-8-6-11(7-9-25)14(21)27)30-16-22-23-24-26(16)12-2-4-13(5-3-12)29-17(18,19)20/h2-5,10-11H,6-9H2,1H3,(H2,21,27). The fraction of sp³-hybridized carbons (Fsp3) is 0.471. The quantitative estimate of drug-likeness (QED) is 0.675. The Morgan fingerprint density at radius 1 is 1.23 bits per heavy atom. The maximum atomic E-state index is 12.7. The summed E-state index contributed by atoms with van der Waals surface area (Å²) in [5, 5.41) is 11.1. The molecule has 1 fully saturated rings. The lowest BCUT2D eigenvalue weighted by molar-refractivity contribution is -0.274. The van der Waals surface area contributed by atoms with Gasteiger partial charge < -0.3 is 15.4 Å². The van der Waals surface area contributed by atoms with E-state index in [2.05, 4.69) is 20.3 Å².